The molecule has 2 aromatic rings. The Morgan fingerprint density at radius 1 is 1.33 bits per heavy atom. The lowest BCUT2D eigenvalue weighted by Gasteiger charge is -2.15. The van der Waals surface area contributed by atoms with Gasteiger partial charge in [0.1, 0.15) is 12.2 Å². The van der Waals surface area contributed by atoms with Crippen LogP contribution in [0.2, 0.25) is 5.02 Å². The molecule has 1 aromatic heterocycles. The third-order valence-corrected chi connectivity index (χ3v) is 3.09. The van der Waals surface area contributed by atoms with Crippen LogP contribution in [0.4, 0.5) is 18.9 Å². The molecule has 0 bridgehead atoms. The maximum absolute atomic E-state index is 13.0. The molecule has 0 saturated heterocycles. The van der Waals surface area contributed by atoms with Crippen LogP contribution in [0, 0.1) is 0 Å². The molecule has 1 aromatic carbocycles. The average Bonchev–Trinajstić information content (AvgIpc) is 2.84. The number of nitrogens with zero attached hydrogens (tertiary/aromatic N) is 3. The van der Waals surface area contributed by atoms with E-state index in [1.807, 2.05) is 6.92 Å². The fourth-order valence-electron chi connectivity index (χ4n) is 1.90. The molecule has 0 saturated carbocycles. The zero-order chi connectivity index (χ0) is 15.5. The number of hydrogen-bond acceptors (Lipinski definition) is 3. The van der Waals surface area contributed by atoms with Gasteiger partial charge in [-0.2, -0.15) is 18.3 Å². The lowest BCUT2D eigenvalue weighted by atomic mass is 10.1. The number of hydrogen-bond donors (Lipinski definition) is 1. The van der Waals surface area contributed by atoms with Crippen molar-refractivity contribution in [3.8, 4) is 0 Å². The van der Waals surface area contributed by atoms with Gasteiger partial charge in [0.15, 0.2) is 0 Å². The van der Waals surface area contributed by atoms with Crippen LogP contribution in [0.1, 0.15) is 24.7 Å². The SMILES string of the molecule is CCCn1ncnc1CNc1ccc(Cl)cc1C(F)(F)F. The first-order valence-electron chi connectivity index (χ1n) is 6.39. The van der Waals surface area contributed by atoms with Crippen molar-refractivity contribution in [2.75, 3.05) is 5.32 Å². The molecule has 4 nitrogen and oxygen atoms in total. The third kappa shape index (κ3) is 3.87. The van der Waals surface area contributed by atoms with Crippen molar-refractivity contribution in [2.45, 2.75) is 32.6 Å². The molecule has 0 fully saturated rings. The van der Waals surface area contributed by atoms with E-state index in [1.165, 1.54) is 18.5 Å². The summed E-state index contributed by atoms with van der Waals surface area (Å²) in [4.78, 5) is 4.04. The summed E-state index contributed by atoms with van der Waals surface area (Å²) in [6.07, 6.45) is -2.21. The Bertz CT molecular complexity index is 610. The second kappa shape index (κ2) is 6.34. The number of halogens is 4. The summed E-state index contributed by atoms with van der Waals surface area (Å²) in [6, 6.07) is 3.63. The molecule has 0 aliphatic carbocycles. The van der Waals surface area contributed by atoms with Crippen LogP contribution in [0.25, 0.3) is 0 Å². The second-order valence-corrected chi connectivity index (χ2v) is 4.88. The molecule has 8 heteroatoms. The Morgan fingerprint density at radius 3 is 2.76 bits per heavy atom. The van der Waals surface area contributed by atoms with Gasteiger partial charge in [-0.15, -0.1) is 0 Å². The average molecular weight is 319 g/mol. The van der Waals surface area contributed by atoms with E-state index in [-0.39, 0.29) is 17.3 Å². The van der Waals surface area contributed by atoms with E-state index >= 15 is 0 Å². The number of alkyl halides is 3. The number of rotatable bonds is 5. The summed E-state index contributed by atoms with van der Waals surface area (Å²) in [6.45, 7) is 2.81. The van der Waals surface area contributed by atoms with Gasteiger partial charge in [0.05, 0.1) is 12.1 Å². The highest BCUT2D eigenvalue weighted by Gasteiger charge is 2.33. The Hall–Kier alpha value is -1.76. The summed E-state index contributed by atoms with van der Waals surface area (Å²) in [5.74, 6) is 0.583. The summed E-state index contributed by atoms with van der Waals surface area (Å²) >= 11 is 5.63. The summed E-state index contributed by atoms with van der Waals surface area (Å²) in [5, 5.41) is 6.82. The third-order valence-electron chi connectivity index (χ3n) is 2.86. The molecule has 21 heavy (non-hydrogen) atoms. The minimum Gasteiger partial charge on any atom is -0.377 e. The summed E-state index contributed by atoms with van der Waals surface area (Å²) in [5.41, 5.74) is -0.825. The van der Waals surface area contributed by atoms with E-state index in [9.17, 15) is 13.2 Å². The van der Waals surface area contributed by atoms with Gasteiger partial charge in [-0.1, -0.05) is 18.5 Å². The highest BCUT2D eigenvalue weighted by atomic mass is 35.5. The van der Waals surface area contributed by atoms with Gasteiger partial charge in [0.25, 0.3) is 0 Å². The first-order valence-corrected chi connectivity index (χ1v) is 6.77. The van der Waals surface area contributed by atoms with Crippen molar-refractivity contribution in [3.63, 3.8) is 0 Å². The molecule has 0 aliphatic heterocycles. The van der Waals surface area contributed by atoms with Gasteiger partial charge in [-0.25, -0.2) is 9.67 Å². The zero-order valence-electron chi connectivity index (χ0n) is 11.3. The van der Waals surface area contributed by atoms with Crippen molar-refractivity contribution in [2.24, 2.45) is 0 Å². The lowest BCUT2D eigenvalue weighted by molar-refractivity contribution is -0.136. The predicted molar refractivity (Wildman–Crippen MR) is 74.1 cm³/mol. The molecule has 2 rings (SSSR count). The minimum atomic E-state index is -4.47. The molecule has 114 valence electrons. The number of aryl methyl sites for hydroxylation is 1. The van der Waals surface area contributed by atoms with Crippen molar-refractivity contribution in [1.29, 1.82) is 0 Å². The number of anilines is 1. The maximum atomic E-state index is 13.0. The maximum Gasteiger partial charge on any atom is 0.418 e. The van der Waals surface area contributed by atoms with E-state index in [0.717, 1.165) is 12.5 Å². The molecule has 0 aliphatic rings. The number of benzene rings is 1. The number of nitrogens with one attached hydrogen (secondary N) is 1. The quantitative estimate of drug-likeness (QED) is 0.907. The monoisotopic (exact) mass is 318 g/mol. The van der Waals surface area contributed by atoms with Gasteiger partial charge in [0, 0.05) is 17.3 Å². The van der Waals surface area contributed by atoms with E-state index in [0.29, 0.717) is 12.4 Å². The molecule has 0 amide bonds. The lowest BCUT2D eigenvalue weighted by Crippen LogP contribution is -2.14. The van der Waals surface area contributed by atoms with Crippen LogP contribution in [0.5, 0.6) is 0 Å². The summed E-state index contributed by atoms with van der Waals surface area (Å²) in [7, 11) is 0. The van der Waals surface area contributed by atoms with Crippen molar-refractivity contribution >= 4 is 17.3 Å². The standard InChI is InChI=1S/C13H14ClF3N4/c1-2-5-21-12(19-8-20-21)7-18-11-4-3-9(14)6-10(11)13(15,16)17/h3-4,6,8,18H,2,5,7H2,1H3. The smallest absolute Gasteiger partial charge is 0.377 e. The molecule has 0 unspecified atom stereocenters. The molecule has 1 heterocycles. The van der Waals surface area contributed by atoms with Gasteiger partial charge in [0.2, 0.25) is 0 Å². The molecule has 0 atom stereocenters. The van der Waals surface area contributed by atoms with Crippen LogP contribution in [0.3, 0.4) is 0 Å². The molecular formula is C13H14ClF3N4. The topological polar surface area (TPSA) is 42.7 Å². The normalized spacial score (nSPS) is 11.7. The fourth-order valence-corrected chi connectivity index (χ4v) is 2.08. The van der Waals surface area contributed by atoms with Gasteiger partial charge >= 0.3 is 6.18 Å². The van der Waals surface area contributed by atoms with Gasteiger partial charge < -0.3 is 5.32 Å². The van der Waals surface area contributed by atoms with Crippen LogP contribution >= 0.6 is 11.6 Å². The molecule has 0 radical (unpaired) electrons. The Labute approximate surface area is 124 Å². The highest BCUT2D eigenvalue weighted by molar-refractivity contribution is 6.30. The Kier molecular flexibility index (Phi) is 4.72. The van der Waals surface area contributed by atoms with Gasteiger partial charge in [-0.05, 0) is 24.6 Å². The Morgan fingerprint density at radius 2 is 2.10 bits per heavy atom. The van der Waals surface area contributed by atoms with Crippen LogP contribution in [0.15, 0.2) is 24.5 Å². The minimum absolute atomic E-state index is 0.0297. The van der Waals surface area contributed by atoms with E-state index in [1.54, 1.807) is 4.68 Å². The van der Waals surface area contributed by atoms with Crippen molar-refractivity contribution < 1.29 is 13.2 Å². The largest absolute Gasteiger partial charge is 0.418 e. The predicted octanol–water partition coefficient (Wildman–Crippen LogP) is 3.97. The molecular weight excluding hydrogens is 305 g/mol. The van der Waals surface area contributed by atoms with E-state index < -0.39 is 11.7 Å². The zero-order valence-corrected chi connectivity index (χ0v) is 12.0. The van der Waals surface area contributed by atoms with Crippen molar-refractivity contribution in [3.05, 3.63) is 40.9 Å². The number of aromatic nitrogens is 3. The Balaban J connectivity index is 2.18. The first kappa shape index (κ1) is 15.6. The fraction of sp³-hybridized carbons (Fsp3) is 0.385. The van der Waals surface area contributed by atoms with E-state index in [4.69, 9.17) is 11.6 Å². The van der Waals surface area contributed by atoms with Crippen LogP contribution in [-0.4, -0.2) is 14.8 Å². The van der Waals surface area contributed by atoms with E-state index in [2.05, 4.69) is 15.4 Å². The highest BCUT2D eigenvalue weighted by Crippen LogP contribution is 2.36. The van der Waals surface area contributed by atoms with Gasteiger partial charge in [-0.3, -0.25) is 0 Å². The first-order chi connectivity index (χ1) is 9.91. The van der Waals surface area contributed by atoms with Crippen molar-refractivity contribution in [1.82, 2.24) is 14.8 Å². The molecule has 0 spiro atoms. The second-order valence-electron chi connectivity index (χ2n) is 4.44. The molecule has 1 N–H and O–H groups in total. The summed E-state index contributed by atoms with van der Waals surface area (Å²) < 4.78 is 40.6. The van der Waals surface area contributed by atoms with Crippen LogP contribution < -0.4 is 5.32 Å². The van der Waals surface area contributed by atoms with Crippen LogP contribution in [-0.2, 0) is 19.3 Å².